The Morgan fingerprint density at radius 1 is 1.05 bits per heavy atom. The molecule has 0 aromatic heterocycles. The zero-order chi connectivity index (χ0) is 26.2. The Kier molecular flexibility index (Phi) is 9.04. The van der Waals surface area contributed by atoms with Gasteiger partial charge in [0.05, 0.1) is 25.4 Å². The first kappa shape index (κ1) is 26.5. The molecule has 3 aromatic carbocycles. The van der Waals surface area contributed by atoms with E-state index in [9.17, 15) is 9.59 Å². The van der Waals surface area contributed by atoms with Gasteiger partial charge in [-0.2, -0.15) is 0 Å². The Hall–Kier alpha value is -3.55. The summed E-state index contributed by atoms with van der Waals surface area (Å²) in [5.74, 6) is 0.650. The fourth-order valence-corrected chi connectivity index (χ4v) is 4.21. The van der Waals surface area contributed by atoms with Crippen LogP contribution >= 0.6 is 11.6 Å². The molecule has 1 aliphatic heterocycles. The van der Waals surface area contributed by atoms with E-state index >= 15 is 0 Å². The van der Waals surface area contributed by atoms with Gasteiger partial charge in [-0.1, -0.05) is 67.4 Å². The molecule has 2 N–H and O–H groups in total. The Morgan fingerprint density at radius 3 is 2.54 bits per heavy atom. The molecule has 0 radical (unpaired) electrons. The zero-order valence-electron chi connectivity index (χ0n) is 20.8. The maximum atomic E-state index is 13.4. The minimum Gasteiger partial charge on any atom is -0.493 e. The van der Waals surface area contributed by atoms with Crippen LogP contribution in [-0.2, 0) is 20.9 Å². The molecule has 0 bridgehead atoms. The second-order valence-corrected chi connectivity index (χ2v) is 9.20. The molecule has 2 unspecified atom stereocenters. The number of rotatable bonds is 11. The molecule has 37 heavy (non-hydrogen) atoms. The highest BCUT2D eigenvalue weighted by molar-refractivity contribution is 6.31. The number of benzene rings is 3. The summed E-state index contributed by atoms with van der Waals surface area (Å²) in [4.78, 5) is 27.2. The zero-order valence-corrected chi connectivity index (χ0v) is 21.5. The molecule has 0 saturated heterocycles. The van der Waals surface area contributed by atoms with Crippen LogP contribution in [0.5, 0.6) is 11.5 Å². The van der Waals surface area contributed by atoms with Gasteiger partial charge in [0.2, 0.25) is 0 Å². The molecular formula is C29H31ClN2O5. The lowest BCUT2D eigenvalue weighted by Gasteiger charge is -2.34. The lowest BCUT2D eigenvalue weighted by molar-refractivity contribution is -0.145. The molecule has 8 heteroatoms. The number of nitrogens with zero attached hydrogens (tertiary/aromatic N) is 1. The molecule has 3 aromatic rings. The average molecular weight is 523 g/mol. The van der Waals surface area contributed by atoms with Gasteiger partial charge in [0, 0.05) is 11.4 Å². The number of esters is 1. The average Bonchev–Trinajstić information content (AvgIpc) is 2.92. The van der Waals surface area contributed by atoms with E-state index in [2.05, 4.69) is 0 Å². The molecule has 4 rings (SSSR count). The number of unbranched alkanes of at least 4 members (excludes halogenated alkanes) is 1. The monoisotopic (exact) mass is 522 g/mol. The van der Waals surface area contributed by atoms with Gasteiger partial charge in [-0.05, 0) is 47.9 Å². The number of amides is 1. The number of carbonyl (C=O) groups excluding carboxylic acids is 2. The normalized spacial score (nSPS) is 15.5. The van der Waals surface area contributed by atoms with E-state index in [-0.39, 0.29) is 12.5 Å². The minimum absolute atomic E-state index is 0.148. The molecule has 1 amide bonds. The third-order valence-corrected chi connectivity index (χ3v) is 6.51. The first-order valence-electron chi connectivity index (χ1n) is 12.4. The second-order valence-electron chi connectivity index (χ2n) is 8.79. The molecule has 0 fully saturated rings. The third-order valence-electron chi connectivity index (χ3n) is 6.14. The molecule has 1 heterocycles. The van der Waals surface area contributed by atoms with Crippen LogP contribution in [0.4, 0.5) is 5.69 Å². The Morgan fingerprint density at radius 2 is 1.78 bits per heavy atom. The van der Waals surface area contributed by atoms with Crippen molar-refractivity contribution in [2.45, 2.75) is 44.9 Å². The van der Waals surface area contributed by atoms with Crippen molar-refractivity contribution in [2.24, 2.45) is 5.73 Å². The quantitative estimate of drug-likeness (QED) is 0.266. The summed E-state index contributed by atoms with van der Waals surface area (Å²) >= 11 is 6.36. The summed E-state index contributed by atoms with van der Waals surface area (Å²) in [5, 5.41) is 0.608. The second kappa shape index (κ2) is 12.6. The lowest BCUT2D eigenvalue weighted by atomic mass is 10.1. The van der Waals surface area contributed by atoms with Gasteiger partial charge < -0.3 is 24.8 Å². The maximum Gasteiger partial charge on any atom is 0.327 e. The van der Waals surface area contributed by atoms with Crippen molar-refractivity contribution in [2.75, 3.05) is 18.1 Å². The first-order chi connectivity index (χ1) is 18.0. The number of fused-ring (bicyclic) bond motifs is 1. The SMILES string of the molecule is CCCCOC(=O)C(N)c1ccc(OCCC2Oc3ccccc3N(Cc3ccccc3Cl)C2=O)cc1. The summed E-state index contributed by atoms with van der Waals surface area (Å²) in [6.45, 7) is 3.01. The Balaban J connectivity index is 1.36. The van der Waals surface area contributed by atoms with Crippen LogP contribution in [0.2, 0.25) is 5.02 Å². The van der Waals surface area contributed by atoms with Gasteiger partial charge in [0.15, 0.2) is 6.10 Å². The van der Waals surface area contributed by atoms with Crippen molar-refractivity contribution in [3.63, 3.8) is 0 Å². The van der Waals surface area contributed by atoms with Gasteiger partial charge in [-0.15, -0.1) is 0 Å². The number of nitrogens with two attached hydrogens (primary N) is 1. The number of anilines is 1. The van der Waals surface area contributed by atoms with Crippen molar-refractivity contribution in [3.8, 4) is 11.5 Å². The van der Waals surface area contributed by atoms with Gasteiger partial charge in [-0.25, -0.2) is 4.79 Å². The largest absolute Gasteiger partial charge is 0.493 e. The standard InChI is InChI=1S/C29H31ClN2O5/c1-2-3-17-36-29(34)27(31)20-12-14-22(15-13-20)35-18-16-26-28(33)32(19-21-8-4-5-9-23(21)30)24-10-6-7-11-25(24)37-26/h4-15,26-27H,2-3,16-19,31H2,1H3. The van der Waals surface area contributed by atoms with E-state index in [1.54, 1.807) is 29.2 Å². The van der Waals surface area contributed by atoms with Crippen LogP contribution in [0.25, 0.3) is 0 Å². The molecule has 1 aliphatic rings. The molecule has 194 valence electrons. The first-order valence-corrected chi connectivity index (χ1v) is 12.8. The van der Waals surface area contributed by atoms with Crippen molar-refractivity contribution in [1.29, 1.82) is 0 Å². The van der Waals surface area contributed by atoms with Crippen molar-refractivity contribution >= 4 is 29.2 Å². The molecule has 0 aliphatic carbocycles. The molecule has 2 atom stereocenters. The van der Waals surface area contributed by atoms with Crippen LogP contribution in [0.1, 0.15) is 43.4 Å². The number of hydrogen-bond donors (Lipinski definition) is 1. The summed E-state index contributed by atoms with van der Waals surface area (Å²) in [6.07, 6.45) is 1.42. The summed E-state index contributed by atoms with van der Waals surface area (Å²) < 4.78 is 17.1. The number of para-hydroxylation sites is 2. The summed E-state index contributed by atoms with van der Waals surface area (Å²) in [7, 11) is 0. The van der Waals surface area contributed by atoms with Crippen LogP contribution in [0.15, 0.2) is 72.8 Å². The van der Waals surface area contributed by atoms with Crippen LogP contribution in [-0.4, -0.2) is 31.2 Å². The van der Waals surface area contributed by atoms with E-state index in [1.807, 2.05) is 55.5 Å². The fraction of sp³-hybridized carbons (Fsp3) is 0.310. The molecule has 0 spiro atoms. The van der Waals surface area contributed by atoms with Crippen LogP contribution < -0.4 is 20.1 Å². The van der Waals surface area contributed by atoms with Crippen molar-refractivity contribution < 1.29 is 23.8 Å². The number of carbonyl (C=O) groups is 2. The Bertz CT molecular complexity index is 1220. The van der Waals surface area contributed by atoms with Crippen molar-refractivity contribution in [1.82, 2.24) is 0 Å². The highest BCUT2D eigenvalue weighted by atomic mass is 35.5. The summed E-state index contributed by atoms with van der Waals surface area (Å²) in [6, 6.07) is 21.1. The van der Waals surface area contributed by atoms with Crippen LogP contribution in [0.3, 0.4) is 0 Å². The topological polar surface area (TPSA) is 91.1 Å². The lowest BCUT2D eigenvalue weighted by Crippen LogP contribution is -2.46. The number of ether oxygens (including phenoxy) is 3. The van der Waals surface area contributed by atoms with E-state index in [0.29, 0.717) is 47.3 Å². The van der Waals surface area contributed by atoms with Gasteiger partial charge >= 0.3 is 5.97 Å². The Labute approximate surface area is 222 Å². The number of halogens is 1. The highest BCUT2D eigenvalue weighted by Crippen LogP contribution is 2.36. The molecule has 7 nitrogen and oxygen atoms in total. The van der Waals surface area contributed by atoms with E-state index in [1.165, 1.54) is 0 Å². The smallest absolute Gasteiger partial charge is 0.327 e. The molecular weight excluding hydrogens is 492 g/mol. The predicted molar refractivity (Wildman–Crippen MR) is 143 cm³/mol. The highest BCUT2D eigenvalue weighted by Gasteiger charge is 2.34. The van der Waals surface area contributed by atoms with Crippen molar-refractivity contribution in [3.05, 3.63) is 88.9 Å². The van der Waals surface area contributed by atoms with Gasteiger partial charge in [-0.3, -0.25) is 4.79 Å². The van der Waals surface area contributed by atoms with Crippen LogP contribution in [0, 0.1) is 0 Å². The minimum atomic E-state index is -0.844. The van der Waals surface area contributed by atoms with E-state index < -0.39 is 18.1 Å². The number of hydrogen-bond acceptors (Lipinski definition) is 6. The van der Waals surface area contributed by atoms with Gasteiger partial charge in [0.25, 0.3) is 5.91 Å². The maximum absolute atomic E-state index is 13.4. The fourth-order valence-electron chi connectivity index (χ4n) is 4.02. The predicted octanol–water partition coefficient (Wildman–Crippen LogP) is 5.45. The summed E-state index contributed by atoms with van der Waals surface area (Å²) in [5.41, 5.74) is 8.23. The molecule has 0 saturated carbocycles. The van der Waals surface area contributed by atoms with E-state index in [0.717, 1.165) is 18.4 Å². The van der Waals surface area contributed by atoms with Gasteiger partial charge in [0.1, 0.15) is 17.5 Å². The van der Waals surface area contributed by atoms with E-state index in [4.69, 9.17) is 31.5 Å². The third kappa shape index (κ3) is 6.61.